The molecule has 2 N–H and O–H groups in total. The minimum absolute atomic E-state index is 0.239. The predicted octanol–water partition coefficient (Wildman–Crippen LogP) is 4.00. The van der Waals surface area contributed by atoms with Crippen LogP contribution in [0.2, 0.25) is 0 Å². The van der Waals surface area contributed by atoms with Crippen LogP contribution in [0.15, 0.2) is 0 Å². The Labute approximate surface area is 129 Å². The Morgan fingerprint density at radius 1 is 1.10 bits per heavy atom. The molecule has 2 unspecified atom stereocenters. The van der Waals surface area contributed by atoms with Gasteiger partial charge in [-0.05, 0) is 36.7 Å². The van der Waals surface area contributed by atoms with Gasteiger partial charge in [-0.3, -0.25) is 4.79 Å². The highest BCUT2D eigenvalue weighted by Crippen LogP contribution is 2.18. The first-order valence-corrected chi connectivity index (χ1v) is 9.31. The highest BCUT2D eigenvalue weighted by atomic mass is 32.2. The van der Waals surface area contributed by atoms with Crippen LogP contribution in [0.4, 0.5) is 0 Å². The Morgan fingerprint density at radius 3 is 2.40 bits per heavy atom. The molecule has 0 rings (SSSR count). The van der Waals surface area contributed by atoms with Crippen molar-refractivity contribution in [2.75, 3.05) is 18.1 Å². The standard InChI is InChI=1S/C16H33NO2S/c1-4-7-11-19-16(18)15(17)10-13-20-12-9-14(6-3)8-5-2/h14-15H,4-13,17H2,1-3H3. The van der Waals surface area contributed by atoms with Crippen LogP contribution in [0, 0.1) is 5.92 Å². The third-order valence-electron chi connectivity index (χ3n) is 3.56. The largest absolute Gasteiger partial charge is 0.465 e. The van der Waals surface area contributed by atoms with Crippen molar-refractivity contribution < 1.29 is 9.53 Å². The maximum atomic E-state index is 11.6. The van der Waals surface area contributed by atoms with Crippen molar-refractivity contribution in [2.24, 2.45) is 11.7 Å². The van der Waals surface area contributed by atoms with E-state index in [2.05, 4.69) is 20.8 Å². The van der Waals surface area contributed by atoms with Crippen LogP contribution in [0.5, 0.6) is 0 Å². The summed E-state index contributed by atoms with van der Waals surface area (Å²) in [7, 11) is 0. The Morgan fingerprint density at radius 2 is 1.80 bits per heavy atom. The van der Waals surface area contributed by atoms with Crippen molar-refractivity contribution in [3.05, 3.63) is 0 Å². The topological polar surface area (TPSA) is 52.3 Å². The summed E-state index contributed by atoms with van der Waals surface area (Å²) in [4.78, 5) is 11.6. The molecule has 0 spiro atoms. The molecule has 0 aliphatic rings. The number of esters is 1. The highest BCUT2D eigenvalue weighted by Gasteiger charge is 2.14. The molecule has 0 saturated heterocycles. The maximum Gasteiger partial charge on any atom is 0.322 e. The van der Waals surface area contributed by atoms with E-state index in [0.29, 0.717) is 6.61 Å². The van der Waals surface area contributed by atoms with E-state index < -0.39 is 6.04 Å². The molecule has 2 atom stereocenters. The summed E-state index contributed by atoms with van der Waals surface area (Å²) < 4.78 is 5.12. The van der Waals surface area contributed by atoms with Crippen LogP contribution in [0.3, 0.4) is 0 Å². The Bertz CT molecular complexity index is 237. The van der Waals surface area contributed by atoms with E-state index in [1.54, 1.807) is 0 Å². The van der Waals surface area contributed by atoms with E-state index in [4.69, 9.17) is 10.5 Å². The molecular formula is C16H33NO2S. The van der Waals surface area contributed by atoms with E-state index in [1.165, 1.54) is 31.4 Å². The van der Waals surface area contributed by atoms with Gasteiger partial charge in [0.05, 0.1) is 6.61 Å². The lowest BCUT2D eigenvalue weighted by Crippen LogP contribution is -2.33. The second-order valence-electron chi connectivity index (χ2n) is 5.38. The number of unbranched alkanes of at least 4 members (excludes halogenated alkanes) is 1. The van der Waals surface area contributed by atoms with E-state index in [9.17, 15) is 4.79 Å². The molecule has 0 radical (unpaired) electrons. The lowest BCUT2D eigenvalue weighted by Gasteiger charge is -2.14. The SMILES string of the molecule is CCCCOC(=O)C(N)CCSCCC(CC)CCC. The summed E-state index contributed by atoms with van der Waals surface area (Å²) in [6.45, 7) is 7.10. The molecule has 0 heterocycles. The normalized spacial score (nSPS) is 14.0. The van der Waals surface area contributed by atoms with Gasteiger partial charge in [0.2, 0.25) is 0 Å². The Hall–Kier alpha value is -0.220. The second-order valence-corrected chi connectivity index (χ2v) is 6.60. The molecular weight excluding hydrogens is 270 g/mol. The van der Waals surface area contributed by atoms with Gasteiger partial charge in [-0.1, -0.05) is 46.5 Å². The Kier molecular flexibility index (Phi) is 13.6. The van der Waals surface area contributed by atoms with Gasteiger partial charge in [0, 0.05) is 0 Å². The number of carbonyl (C=O) groups is 1. The number of carbonyl (C=O) groups excluding carboxylic acids is 1. The number of thioether (sulfide) groups is 1. The van der Waals surface area contributed by atoms with Gasteiger partial charge >= 0.3 is 5.97 Å². The quantitative estimate of drug-likeness (QED) is 0.413. The summed E-state index contributed by atoms with van der Waals surface area (Å²) in [5, 5.41) is 0. The maximum absolute atomic E-state index is 11.6. The van der Waals surface area contributed by atoms with Gasteiger partial charge in [0.1, 0.15) is 6.04 Å². The fraction of sp³-hybridized carbons (Fsp3) is 0.938. The zero-order chi connectivity index (χ0) is 15.2. The lowest BCUT2D eigenvalue weighted by molar-refractivity contribution is -0.145. The molecule has 0 aliphatic carbocycles. The number of ether oxygens (including phenoxy) is 1. The molecule has 0 saturated carbocycles. The molecule has 4 heteroatoms. The zero-order valence-corrected chi connectivity index (χ0v) is 14.3. The molecule has 3 nitrogen and oxygen atoms in total. The minimum Gasteiger partial charge on any atom is -0.465 e. The zero-order valence-electron chi connectivity index (χ0n) is 13.5. The molecule has 0 aromatic carbocycles. The van der Waals surface area contributed by atoms with Crippen LogP contribution in [-0.4, -0.2) is 30.1 Å². The van der Waals surface area contributed by atoms with E-state index >= 15 is 0 Å². The predicted molar refractivity (Wildman–Crippen MR) is 89.1 cm³/mol. The van der Waals surface area contributed by atoms with E-state index in [-0.39, 0.29) is 5.97 Å². The molecule has 0 bridgehead atoms. The smallest absolute Gasteiger partial charge is 0.322 e. The average molecular weight is 304 g/mol. The van der Waals surface area contributed by atoms with Crippen molar-refractivity contribution >= 4 is 17.7 Å². The number of hydrogen-bond acceptors (Lipinski definition) is 4. The molecule has 120 valence electrons. The molecule has 0 aliphatic heterocycles. The van der Waals surface area contributed by atoms with Crippen LogP contribution in [-0.2, 0) is 9.53 Å². The van der Waals surface area contributed by atoms with E-state index in [0.717, 1.165) is 30.9 Å². The third-order valence-corrected chi connectivity index (χ3v) is 4.61. The summed E-state index contributed by atoms with van der Waals surface area (Å²) in [6.07, 6.45) is 7.85. The van der Waals surface area contributed by atoms with Crippen molar-refractivity contribution in [3.8, 4) is 0 Å². The van der Waals surface area contributed by atoms with Gasteiger partial charge in [-0.25, -0.2) is 0 Å². The van der Waals surface area contributed by atoms with Gasteiger partial charge in [-0.15, -0.1) is 0 Å². The van der Waals surface area contributed by atoms with Gasteiger partial charge in [-0.2, -0.15) is 11.8 Å². The van der Waals surface area contributed by atoms with Crippen molar-refractivity contribution in [3.63, 3.8) is 0 Å². The lowest BCUT2D eigenvalue weighted by atomic mass is 9.98. The summed E-state index contributed by atoms with van der Waals surface area (Å²) >= 11 is 1.91. The number of rotatable bonds is 13. The third kappa shape index (κ3) is 10.6. The second kappa shape index (κ2) is 13.7. The first-order chi connectivity index (χ1) is 9.65. The van der Waals surface area contributed by atoms with Crippen LogP contribution in [0.25, 0.3) is 0 Å². The fourth-order valence-electron chi connectivity index (χ4n) is 2.07. The highest BCUT2D eigenvalue weighted by molar-refractivity contribution is 7.99. The van der Waals surface area contributed by atoms with E-state index in [1.807, 2.05) is 11.8 Å². The van der Waals surface area contributed by atoms with Crippen molar-refractivity contribution in [1.29, 1.82) is 0 Å². The first-order valence-electron chi connectivity index (χ1n) is 8.15. The molecule has 0 aromatic rings. The summed E-state index contributed by atoms with van der Waals surface area (Å²) in [6, 6.07) is -0.447. The Balaban J connectivity index is 3.55. The molecule has 0 amide bonds. The first kappa shape index (κ1) is 19.8. The van der Waals surface area contributed by atoms with Crippen LogP contribution in [0.1, 0.15) is 65.7 Å². The van der Waals surface area contributed by atoms with Gasteiger partial charge < -0.3 is 10.5 Å². The monoisotopic (exact) mass is 303 g/mol. The van der Waals surface area contributed by atoms with Crippen LogP contribution >= 0.6 is 11.8 Å². The van der Waals surface area contributed by atoms with Crippen molar-refractivity contribution in [1.82, 2.24) is 0 Å². The molecule has 0 aromatic heterocycles. The van der Waals surface area contributed by atoms with Crippen LogP contribution < -0.4 is 5.73 Å². The minimum atomic E-state index is -0.447. The summed E-state index contributed by atoms with van der Waals surface area (Å²) in [5.41, 5.74) is 5.83. The average Bonchev–Trinajstić information content (AvgIpc) is 2.45. The summed E-state index contributed by atoms with van der Waals surface area (Å²) in [5.74, 6) is 2.75. The number of nitrogens with two attached hydrogens (primary N) is 1. The van der Waals surface area contributed by atoms with Crippen molar-refractivity contribution in [2.45, 2.75) is 71.8 Å². The molecule has 0 fully saturated rings. The van der Waals surface area contributed by atoms with Gasteiger partial charge in [0.25, 0.3) is 0 Å². The van der Waals surface area contributed by atoms with Gasteiger partial charge in [0.15, 0.2) is 0 Å². The molecule has 20 heavy (non-hydrogen) atoms. The fourth-order valence-corrected chi connectivity index (χ4v) is 3.19. The number of hydrogen-bond donors (Lipinski definition) is 1.